The monoisotopic (exact) mass is 1110 g/mol. The first-order valence-electron chi connectivity index (χ1n) is 35.8. The molecule has 0 aromatic heterocycles. The number of hydrogen-bond donors (Lipinski definition) is 3. The summed E-state index contributed by atoms with van der Waals surface area (Å²) >= 11 is 0. The average molecular weight is 1110 g/mol. The molecule has 3 N–H and O–H groups in total. The molecule has 0 aromatic rings. The molecule has 466 valence electrons. The van der Waals surface area contributed by atoms with Crippen molar-refractivity contribution in [3.05, 3.63) is 36.5 Å². The number of allylic oxidation sites excluding steroid dienone is 5. The van der Waals surface area contributed by atoms with E-state index in [0.29, 0.717) is 19.4 Å². The summed E-state index contributed by atoms with van der Waals surface area (Å²) in [6.07, 6.45) is 88.2. The number of hydrogen-bond acceptors (Lipinski definition) is 5. The summed E-state index contributed by atoms with van der Waals surface area (Å²) in [5.41, 5.74) is 0. The first-order chi connectivity index (χ1) is 39.0. The van der Waals surface area contributed by atoms with Crippen molar-refractivity contribution in [2.24, 2.45) is 0 Å². The fourth-order valence-corrected chi connectivity index (χ4v) is 11.2. The van der Waals surface area contributed by atoms with E-state index < -0.39 is 12.1 Å². The van der Waals surface area contributed by atoms with Gasteiger partial charge in [0, 0.05) is 12.8 Å². The zero-order valence-corrected chi connectivity index (χ0v) is 53.4. The summed E-state index contributed by atoms with van der Waals surface area (Å²) in [5, 5.41) is 23.0. The third-order valence-electron chi connectivity index (χ3n) is 16.7. The van der Waals surface area contributed by atoms with Crippen molar-refractivity contribution in [3.8, 4) is 0 Å². The Labute approximate surface area is 494 Å². The molecule has 1 amide bonds. The fraction of sp³-hybridized carbons (Fsp3) is 0.890. The molecule has 6 nitrogen and oxygen atoms in total. The Balaban J connectivity index is 3.34. The number of aliphatic hydroxyl groups is 2. The summed E-state index contributed by atoms with van der Waals surface area (Å²) in [4.78, 5) is 24.5. The molecule has 79 heavy (non-hydrogen) atoms. The maximum absolute atomic E-state index is 12.4. The SMILES string of the molecule is CCCCCCCCCC/C=C/C(O)C(CO)NC(=O)CCCCCCCCCCCCCCCCCCC/C=C\C/C=C\CCCCCCCCCCCCCOC(=O)CCCCCCCCCCCCCCCCCCC. The van der Waals surface area contributed by atoms with Gasteiger partial charge in [-0.25, -0.2) is 0 Å². The van der Waals surface area contributed by atoms with Gasteiger partial charge in [-0.05, 0) is 64.2 Å². The molecule has 0 aliphatic heterocycles. The summed E-state index contributed by atoms with van der Waals surface area (Å²) in [6.45, 7) is 4.91. The lowest BCUT2D eigenvalue weighted by Gasteiger charge is -2.20. The van der Waals surface area contributed by atoms with Gasteiger partial charge in [-0.2, -0.15) is 0 Å². The number of carbonyl (C=O) groups is 2. The molecule has 0 radical (unpaired) electrons. The molecule has 0 saturated carbocycles. The molecule has 0 heterocycles. The third-order valence-corrected chi connectivity index (χ3v) is 16.7. The number of ether oxygens (including phenoxy) is 1. The Morgan fingerprint density at radius 3 is 0.962 bits per heavy atom. The van der Waals surface area contributed by atoms with Crippen molar-refractivity contribution in [2.75, 3.05) is 13.2 Å². The topological polar surface area (TPSA) is 95.9 Å². The summed E-state index contributed by atoms with van der Waals surface area (Å²) in [7, 11) is 0. The molecule has 0 spiro atoms. The standard InChI is InChI=1S/C73H139NO5/c1-3-5-7-9-11-13-15-16-17-37-41-44-47-51-55-59-63-67-73(78)79-68-64-60-56-52-48-45-42-39-36-34-32-30-28-26-24-22-20-18-19-21-23-25-27-29-31-33-35-38-40-43-46-50-54-58-62-66-72(77)74-70(69-75)71(76)65-61-57-53-49-14-12-10-8-6-4-2/h20,22,26,28,61,65,70-71,75-76H,3-19,21,23-25,27,29-60,62-64,66-69H2,1-2H3,(H,74,77)/b22-20-,28-26-,65-61+. The Morgan fingerprint density at radius 1 is 0.354 bits per heavy atom. The molecular formula is C73H139NO5. The highest BCUT2D eigenvalue weighted by Crippen LogP contribution is 2.18. The number of rotatable bonds is 67. The maximum atomic E-state index is 12.4. The van der Waals surface area contributed by atoms with E-state index in [1.807, 2.05) is 6.08 Å². The Bertz CT molecular complexity index is 1280. The van der Waals surface area contributed by atoms with Crippen molar-refractivity contribution >= 4 is 11.9 Å². The van der Waals surface area contributed by atoms with E-state index in [1.165, 1.54) is 321 Å². The zero-order valence-electron chi connectivity index (χ0n) is 53.4. The van der Waals surface area contributed by atoms with Gasteiger partial charge in [0.05, 0.1) is 25.4 Å². The molecule has 0 aliphatic rings. The smallest absolute Gasteiger partial charge is 0.305 e. The molecular weight excluding hydrogens is 971 g/mol. The number of aliphatic hydroxyl groups excluding tert-OH is 2. The minimum atomic E-state index is -0.841. The molecule has 2 atom stereocenters. The van der Waals surface area contributed by atoms with E-state index in [0.717, 1.165) is 44.9 Å². The lowest BCUT2D eigenvalue weighted by atomic mass is 10.0. The highest BCUT2D eigenvalue weighted by atomic mass is 16.5. The number of unbranched alkanes of at least 4 members (excludes halogenated alkanes) is 52. The zero-order chi connectivity index (χ0) is 57.1. The number of amides is 1. The highest BCUT2D eigenvalue weighted by Gasteiger charge is 2.18. The molecule has 0 bridgehead atoms. The lowest BCUT2D eigenvalue weighted by molar-refractivity contribution is -0.143. The van der Waals surface area contributed by atoms with Gasteiger partial charge in [0.2, 0.25) is 5.91 Å². The number of carbonyl (C=O) groups excluding carboxylic acids is 2. The van der Waals surface area contributed by atoms with Gasteiger partial charge in [-0.1, -0.05) is 352 Å². The van der Waals surface area contributed by atoms with Crippen LogP contribution in [0.3, 0.4) is 0 Å². The second-order valence-electron chi connectivity index (χ2n) is 24.6. The van der Waals surface area contributed by atoms with Gasteiger partial charge in [-0.15, -0.1) is 0 Å². The van der Waals surface area contributed by atoms with Crippen molar-refractivity contribution in [3.63, 3.8) is 0 Å². The minimum absolute atomic E-state index is 0.0209. The van der Waals surface area contributed by atoms with E-state index in [4.69, 9.17) is 4.74 Å². The van der Waals surface area contributed by atoms with Crippen molar-refractivity contribution in [2.45, 2.75) is 405 Å². The number of esters is 1. The highest BCUT2D eigenvalue weighted by molar-refractivity contribution is 5.76. The van der Waals surface area contributed by atoms with Gasteiger partial charge >= 0.3 is 5.97 Å². The second kappa shape index (κ2) is 68.6. The Morgan fingerprint density at radius 2 is 0.633 bits per heavy atom. The van der Waals surface area contributed by atoms with Crippen LogP contribution in [0.1, 0.15) is 393 Å². The van der Waals surface area contributed by atoms with E-state index in [1.54, 1.807) is 6.08 Å². The van der Waals surface area contributed by atoms with Crippen molar-refractivity contribution in [1.29, 1.82) is 0 Å². The van der Waals surface area contributed by atoms with Gasteiger partial charge < -0.3 is 20.3 Å². The van der Waals surface area contributed by atoms with Crippen LogP contribution in [0.5, 0.6) is 0 Å². The Hall–Kier alpha value is -1.92. The summed E-state index contributed by atoms with van der Waals surface area (Å²) < 4.78 is 5.51. The molecule has 0 saturated heterocycles. The average Bonchev–Trinajstić information content (AvgIpc) is 3.45. The first kappa shape index (κ1) is 77.1. The summed E-state index contributed by atoms with van der Waals surface area (Å²) in [5.74, 6) is -0.0454. The van der Waals surface area contributed by atoms with Crippen molar-refractivity contribution in [1.82, 2.24) is 5.32 Å². The first-order valence-corrected chi connectivity index (χ1v) is 35.8. The molecule has 0 rings (SSSR count). The van der Waals surface area contributed by atoms with Crippen LogP contribution in [-0.4, -0.2) is 47.4 Å². The van der Waals surface area contributed by atoms with E-state index >= 15 is 0 Å². The normalized spacial score (nSPS) is 12.7. The van der Waals surface area contributed by atoms with E-state index in [2.05, 4.69) is 43.5 Å². The van der Waals surface area contributed by atoms with E-state index in [-0.39, 0.29) is 18.5 Å². The second-order valence-corrected chi connectivity index (χ2v) is 24.6. The van der Waals surface area contributed by atoms with Crippen LogP contribution in [0.2, 0.25) is 0 Å². The van der Waals surface area contributed by atoms with Crippen LogP contribution in [0.4, 0.5) is 0 Å². The quantitative estimate of drug-likeness (QED) is 0.0320. The van der Waals surface area contributed by atoms with Crippen LogP contribution in [-0.2, 0) is 14.3 Å². The molecule has 0 aliphatic carbocycles. The predicted octanol–water partition coefficient (Wildman–Crippen LogP) is 23.1. The summed E-state index contributed by atoms with van der Waals surface area (Å²) in [6, 6.07) is -0.624. The molecule has 0 fully saturated rings. The minimum Gasteiger partial charge on any atom is -0.466 e. The van der Waals surface area contributed by atoms with Crippen molar-refractivity contribution < 1.29 is 24.5 Å². The van der Waals surface area contributed by atoms with Crippen LogP contribution in [0.15, 0.2) is 36.5 Å². The Kier molecular flexibility index (Phi) is 66.9. The van der Waals surface area contributed by atoms with Crippen LogP contribution in [0.25, 0.3) is 0 Å². The predicted molar refractivity (Wildman–Crippen MR) is 347 cm³/mol. The van der Waals surface area contributed by atoms with Crippen LogP contribution < -0.4 is 5.32 Å². The fourth-order valence-electron chi connectivity index (χ4n) is 11.2. The van der Waals surface area contributed by atoms with Gasteiger partial charge in [-0.3, -0.25) is 9.59 Å². The van der Waals surface area contributed by atoms with E-state index in [9.17, 15) is 19.8 Å². The molecule has 0 aromatic carbocycles. The molecule has 6 heteroatoms. The third kappa shape index (κ3) is 65.1. The molecule has 2 unspecified atom stereocenters. The van der Waals surface area contributed by atoms with Crippen LogP contribution in [0, 0.1) is 0 Å². The van der Waals surface area contributed by atoms with Crippen LogP contribution >= 0.6 is 0 Å². The van der Waals surface area contributed by atoms with Gasteiger partial charge in [0.1, 0.15) is 0 Å². The maximum Gasteiger partial charge on any atom is 0.305 e. The lowest BCUT2D eigenvalue weighted by Crippen LogP contribution is -2.45. The van der Waals surface area contributed by atoms with Gasteiger partial charge in [0.25, 0.3) is 0 Å². The van der Waals surface area contributed by atoms with Gasteiger partial charge in [0.15, 0.2) is 0 Å². The number of nitrogens with one attached hydrogen (secondary N) is 1. The largest absolute Gasteiger partial charge is 0.466 e.